The third-order valence-electron chi connectivity index (χ3n) is 3.34. The molecule has 0 aliphatic carbocycles. The quantitative estimate of drug-likeness (QED) is 0.381. The molecule has 0 aromatic heterocycles. The monoisotopic (exact) mass is 314 g/mol. The van der Waals surface area contributed by atoms with Crippen LogP contribution < -0.4 is 0 Å². The van der Waals surface area contributed by atoms with E-state index in [-0.39, 0.29) is 5.75 Å². The first kappa shape index (κ1) is 19.8. The van der Waals surface area contributed by atoms with Crippen molar-refractivity contribution < 1.29 is 31.7 Å². The van der Waals surface area contributed by atoms with Gasteiger partial charge in [-0.25, -0.2) is 0 Å². The Balaban J connectivity index is 4.65. The second-order valence-corrected chi connectivity index (χ2v) is 6.43. The van der Waals surface area contributed by atoms with Crippen LogP contribution in [0.15, 0.2) is 0 Å². The summed E-state index contributed by atoms with van der Waals surface area (Å²) in [5.74, 6) is -0.222. The lowest BCUT2D eigenvalue weighted by molar-refractivity contribution is -0.929. The van der Waals surface area contributed by atoms with E-state index in [1.807, 2.05) is 0 Å². The first-order valence-electron chi connectivity index (χ1n) is 6.66. The Kier molecular flexibility index (Phi) is 10.3. The van der Waals surface area contributed by atoms with E-state index in [9.17, 15) is 8.42 Å². The fourth-order valence-corrected chi connectivity index (χ4v) is 2.60. The molecule has 0 bridgehead atoms. The van der Waals surface area contributed by atoms with Gasteiger partial charge in [-0.1, -0.05) is 0 Å². The summed E-state index contributed by atoms with van der Waals surface area (Å²) >= 11 is 0. The summed E-state index contributed by atoms with van der Waals surface area (Å²) in [5.41, 5.74) is 0. The van der Waals surface area contributed by atoms with Gasteiger partial charge in [0.25, 0.3) is 10.1 Å². The molecule has 20 heavy (non-hydrogen) atoms. The number of hydrogen-bond acceptors (Lipinski definition) is 5. The van der Waals surface area contributed by atoms with E-state index in [1.165, 1.54) is 0 Å². The van der Waals surface area contributed by atoms with Gasteiger partial charge in [-0.2, -0.15) is 8.42 Å². The molecule has 0 aromatic rings. The minimum atomic E-state index is -3.91. The molecule has 0 aliphatic heterocycles. The Labute approximate surface area is 122 Å². The molecule has 0 atom stereocenters. The van der Waals surface area contributed by atoms with Crippen LogP contribution >= 0.6 is 0 Å². The van der Waals surface area contributed by atoms with E-state index in [0.717, 1.165) is 19.6 Å². The molecule has 0 fully saturated rings. The first-order valence-corrected chi connectivity index (χ1v) is 8.27. The van der Waals surface area contributed by atoms with E-state index in [1.54, 1.807) is 21.3 Å². The maximum Gasteiger partial charge on any atom is 0.265 e. The van der Waals surface area contributed by atoms with Crippen LogP contribution in [0.2, 0.25) is 0 Å². The lowest BCUT2D eigenvalue weighted by atomic mass is 10.2. The zero-order valence-electron chi connectivity index (χ0n) is 12.7. The Morgan fingerprint density at radius 3 is 1.55 bits per heavy atom. The molecule has 0 unspecified atom stereocenters. The van der Waals surface area contributed by atoms with Crippen molar-refractivity contribution in [3.63, 3.8) is 0 Å². The SMILES string of the molecule is COCC[N+](CCCS(=O)(=O)O)(CCOC)CCOC. The molecule has 0 heterocycles. The highest BCUT2D eigenvalue weighted by Crippen LogP contribution is 2.10. The fourth-order valence-electron chi connectivity index (χ4n) is 2.11. The van der Waals surface area contributed by atoms with E-state index in [2.05, 4.69) is 0 Å². The van der Waals surface area contributed by atoms with Gasteiger partial charge in [-0.3, -0.25) is 4.55 Å². The molecule has 0 saturated heterocycles. The van der Waals surface area contributed by atoms with E-state index >= 15 is 0 Å². The van der Waals surface area contributed by atoms with Crippen molar-refractivity contribution in [3.05, 3.63) is 0 Å². The number of hydrogen-bond donors (Lipinski definition) is 1. The third kappa shape index (κ3) is 9.62. The molecular weight excluding hydrogens is 286 g/mol. The summed E-state index contributed by atoms with van der Waals surface area (Å²) in [6.45, 7) is 4.66. The number of rotatable bonds is 13. The van der Waals surface area contributed by atoms with Crippen LogP contribution in [0.25, 0.3) is 0 Å². The van der Waals surface area contributed by atoms with Crippen molar-refractivity contribution in [2.75, 3.05) is 73.1 Å². The van der Waals surface area contributed by atoms with Crippen molar-refractivity contribution in [2.24, 2.45) is 0 Å². The Bertz CT molecular complexity index is 311. The maximum absolute atomic E-state index is 10.8. The maximum atomic E-state index is 10.8. The van der Waals surface area contributed by atoms with E-state index < -0.39 is 10.1 Å². The average molecular weight is 314 g/mol. The van der Waals surface area contributed by atoms with Gasteiger partial charge in [0.05, 0.1) is 32.1 Å². The van der Waals surface area contributed by atoms with Crippen LogP contribution in [0.1, 0.15) is 6.42 Å². The number of nitrogens with zero attached hydrogens (tertiary/aromatic N) is 1. The largest absolute Gasteiger partial charge is 0.379 e. The molecule has 0 amide bonds. The van der Waals surface area contributed by atoms with E-state index in [0.29, 0.717) is 37.3 Å². The molecule has 1 N–H and O–H groups in total. The summed E-state index contributed by atoms with van der Waals surface area (Å²) in [5, 5.41) is 0. The highest BCUT2D eigenvalue weighted by Gasteiger charge is 2.27. The van der Waals surface area contributed by atoms with Gasteiger partial charge in [0.2, 0.25) is 0 Å². The predicted molar refractivity (Wildman–Crippen MR) is 76.4 cm³/mol. The fraction of sp³-hybridized carbons (Fsp3) is 1.00. The summed E-state index contributed by atoms with van der Waals surface area (Å²) in [6, 6.07) is 0. The van der Waals surface area contributed by atoms with Crippen molar-refractivity contribution in [1.29, 1.82) is 0 Å². The second kappa shape index (κ2) is 10.5. The summed E-state index contributed by atoms with van der Waals surface area (Å²) in [4.78, 5) is 0. The molecule has 7 nitrogen and oxygen atoms in total. The minimum Gasteiger partial charge on any atom is -0.379 e. The van der Waals surface area contributed by atoms with Gasteiger partial charge < -0.3 is 18.7 Å². The molecule has 8 heteroatoms. The summed E-state index contributed by atoms with van der Waals surface area (Å²) in [7, 11) is 1.00. The topological polar surface area (TPSA) is 82.1 Å². The summed E-state index contributed by atoms with van der Waals surface area (Å²) < 4.78 is 46.6. The molecule has 0 aliphatic rings. The normalized spacial score (nSPS) is 12.8. The van der Waals surface area contributed by atoms with Crippen LogP contribution in [0.4, 0.5) is 0 Å². The van der Waals surface area contributed by atoms with Crippen molar-refractivity contribution >= 4 is 10.1 Å². The van der Waals surface area contributed by atoms with Crippen LogP contribution in [0, 0.1) is 0 Å². The molecule has 0 saturated carbocycles. The first-order chi connectivity index (χ1) is 9.39. The van der Waals surface area contributed by atoms with Crippen molar-refractivity contribution in [1.82, 2.24) is 0 Å². The van der Waals surface area contributed by atoms with Crippen LogP contribution in [-0.4, -0.2) is 90.5 Å². The smallest absolute Gasteiger partial charge is 0.265 e. The van der Waals surface area contributed by atoms with Gasteiger partial charge in [-0.05, 0) is 0 Å². The van der Waals surface area contributed by atoms with Crippen LogP contribution in [0.5, 0.6) is 0 Å². The average Bonchev–Trinajstić information content (AvgIpc) is 2.38. The third-order valence-corrected chi connectivity index (χ3v) is 4.15. The Morgan fingerprint density at radius 2 is 1.25 bits per heavy atom. The number of ether oxygens (including phenoxy) is 3. The molecule has 0 aromatic carbocycles. The lowest BCUT2D eigenvalue weighted by Gasteiger charge is -2.38. The van der Waals surface area contributed by atoms with Crippen molar-refractivity contribution in [3.8, 4) is 0 Å². The second-order valence-electron chi connectivity index (χ2n) is 4.85. The molecule has 0 spiro atoms. The number of quaternary nitrogens is 1. The Morgan fingerprint density at radius 1 is 0.850 bits per heavy atom. The molecule has 0 radical (unpaired) electrons. The lowest BCUT2D eigenvalue weighted by Crippen LogP contribution is -2.54. The highest BCUT2D eigenvalue weighted by atomic mass is 32.2. The zero-order valence-corrected chi connectivity index (χ0v) is 13.5. The zero-order chi connectivity index (χ0) is 15.5. The van der Waals surface area contributed by atoms with Gasteiger partial charge in [0.15, 0.2) is 0 Å². The molecule has 122 valence electrons. The summed E-state index contributed by atoms with van der Waals surface area (Å²) in [6.07, 6.45) is 0.399. The minimum absolute atomic E-state index is 0.222. The molecular formula is C12H28NO6S+. The predicted octanol–water partition coefficient (Wildman–Crippen LogP) is 0.0203. The standard InChI is InChI=1S/C12H27NO6S/c1-17-9-6-13(7-10-18-2,8-11-19-3)5-4-12-20(14,15)16/h4-12H2,1-3H3/p+1. The Hall–Kier alpha value is -0.250. The van der Waals surface area contributed by atoms with Crippen molar-refractivity contribution in [2.45, 2.75) is 6.42 Å². The van der Waals surface area contributed by atoms with Crippen LogP contribution in [-0.2, 0) is 24.3 Å². The van der Waals surface area contributed by atoms with Crippen LogP contribution in [0.3, 0.4) is 0 Å². The van der Waals surface area contributed by atoms with Gasteiger partial charge >= 0.3 is 0 Å². The van der Waals surface area contributed by atoms with Gasteiger partial charge in [0.1, 0.15) is 19.6 Å². The molecule has 0 rings (SSSR count). The van der Waals surface area contributed by atoms with E-state index in [4.69, 9.17) is 18.8 Å². The highest BCUT2D eigenvalue weighted by molar-refractivity contribution is 7.85. The van der Waals surface area contributed by atoms with Gasteiger partial charge in [-0.15, -0.1) is 0 Å². The number of methoxy groups -OCH3 is 3. The van der Waals surface area contributed by atoms with Gasteiger partial charge in [0, 0.05) is 27.8 Å².